The summed E-state index contributed by atoms with van der Waals surface area (Å²) in [6.07, 6.45) is 7.88. The van der Waals surface area contributed by atoms with Crippen LogP contribution in [0.2, 0.25) is 0 Å². The normalized spacial score (nSPS) is 10.4. The van der Waals surface area contributed by atoms with Crippen molar-refractivity contribution < 1.29 is 0 Å². The third kappa shape index (κ3) is 3.58. The Kier molecular flexibility index (Phi) is 4.25. The second kappa shape index (κ2) is 6.67. The van der Waals surface area contributed by atoms with E-state index in [2.05, 4.69) is 20.3 Å². The van der Waals surface area contributed by atoms with E-state index in [-0.39, 0.29) is 0 Å². The molecular weight excluding hydrogens is 274 g/mol. The van der Waals surface area contributed by atoms with Crippen LogP contribution in [0.15, 0.2) is 61.3 Å². The standard InChI is InChI=1S/C17H17N5/c18-17(21-10-14-5-7-19-8-6-14)15-3-1-13(2-4-15)9-16-11-20-12-22-16/h1-8,11-12H,9-10H2,(H2,18,21)(H,20,22). The maximum atomic E-state index is 8.10. The summed E-state index contributed by atoms with van der Waals surface area (Å²) < 4.78 is 0. The first-order valence-corrected chi connectivity index (χ1v) is 7.09. The molecular formula is C17H17N5. The van der Waals surface area contributed by atoms with Gasteiger partial charge in [0.05, 0.1) is 12.0 Å². The van der Waals surface area contributed by atoms with Gasteiger partial charge in [0.1, 0.15) is 5.84 Å². The quantitative estimate of drug-likeness (QED) is 0.499. The van der Waals surface area contributed by atoms with Crippen LogP contribution in [0.25, 0.3) is 0 Å². The van der Waals surface area contributed by atoms with Crippen molar-refractivity contribution >= 4 is 5.84 Å². The second-order valence-electron chi connectivity index (χ2n) is 5.02. The first-order chi connectivity index (χ1) is 10.8. The molecule has 2 aromatic heterocycles. The van der Waals surface area contributed by atoms with Gasteiger partial charge in [0, 0.05) is 37.1 Å². The number of aromatic amines is 1. The van der Waals surface area contributed by atoms with Gasteiger partial charge in [-0.25, -0.2) is 4.98 Å². The lowest BCUT2D eigenvalue weighted by Gasteiger charge is -2.08. The van der Waals surface area contributed by atoms with Crippen LogP contribution in [-0.2, 0) is 13.0 Å². The van der Waals surface area contributed by atoms with Crippen molar-refractivity contribution in [3.05, 3.63) is 83.7 Å². The fourth-order valence-electron chi connectivity index (χ4n) is 2.18. The van der Waals surface area contributed by atoms with Gasteiger partial charge in [-0.3, -0.25) is 10.4 Å². The number of nitrogens with one attached hydrogen (secondary N) is 3. The van der Waals surface area contributed by atoms with E-state index >= 15 is 0 Å². The molecule has 5 heteroatoms. The van der Waals surface area contributed by atoms with Gasteiger partial charge in [0.15, 0.2) is 0 Å². The summed E-state index contributed by atoms with van der Waals surface area (Å²) in [5.41, 5.74) is 4.17. The molecule has 1 aromatic carbocycles. The van der Waals surface area contributed by atoms with Gasteiger partial charge in [-0.1, -0.05) is 24.3 Å². The van der Waals surface area contributed by atoms with Gasteiger partial charge in [-0.2, -0.15) is 0 Å². The predicted molar refractivity (Wildman–Crippen MR) is 85.7 cm³/mol. The summed E-state index contributed by atoms with van der Waals surface area (Å²) in [7, 11) is 0. The number of pyridine rings is 1. The number of benzene rings is 1. The molecule has 0 aliphatic carbocycles. The molecule has 3 N–H and O–H groups in total. The summed E-state index contributed by atoms with van der Waals surface area (Å²) in [5.74, 6) is 0.420. The van der Waals surface area contributed by atoms with Crippen molar-refractivity contribution in [3.63, 3.8) is 0 Å². The molecule has 0 amide bonds. The lowest BCUT2D eigenvalue weighted by atomic mass is 10.1. The zero-order valence-electron chi connectivity index (χ0n) is 12.1. The zero-order chi connectivity index (χ0) is 15.2. The Balaban J connectivity index is 1.59. The smallest absolute Gasteiger partial charge is 0.125 e. The van der Waals surface area contributed by atoms with Crippen LogP contribution in [-0.4, -0.2) is 20.8 Å². The van der Waals surface area contributed by atoms with Crippen LogP contribution in [0.5, 0.6) is 0 Å². The minimum Gasteiger partial charge on any atom is -0.366 e. The van der Waals surface area contributed by atoms with Gasteiger partial charge in [-0.15, -0.1) is 0 Å². The molecule has 0 aliphatic rings. The van der Waals surface area contributed by atoms with E-state index < -0.39 is 0 Å². The molecule has 0 aliphatic heterocycles. The van der Waals surface area contributed by atoms with Crippen molar-refractivity contribution in [1.82, 2.24) is 20.3 Å². The average Bonchev–Trinajstić information content (AvgIpc) is 3.07. The molecule has 3 rings (SSSR count). The topological polar surface area (TPSA) is 77.5 Å². The zero-order valence-corrected chi connectivity index (χ0v) is 12.1. The Morgan fingerprint density at radius 3 is 2.50 bits per heavy atom. The highest BCUT2D eigenvalue weighted by Crippen LogP contribution is 2.09. The number of nitrogens with zero attached hydrogens (tertiary/aromatic N) is 2. The highest BCUT2D eigenvalue weighted by atomic mass is 14.9. The second-order valence-corrected chi connectivity index (χ2v) is 5.02. The molecule has 22 heavy (non-hydrogen) atoms. The van der Waals surface area contributed by atoms with E-state index in [9.17, 15) is 0 Å². The van der Waals surface area contributed by atoms with E-state index in [0.29, 0.717) is 12.4 Å². The molecule has 0 saturated heterocycles. The molecule has 0 spiro atoms. The number of aromatic nitrogens is 3. The molecule has 0 saturated carbocycles. The van der Waals surface area contributed by atoms with Gasteiger partial charge < -0.3 is 10.3 Å². The number of hydrogen-bond acceptors (Lipinski definition) is 3. The molecule has 0 bridgehead atoms. The first-order valence-electron chi connectivity index (χ1n) is 7.09. The van der Waals surface area contributed by atoms with E-state index in [4.69, 9.17) is 5.41 Å². The molecule has 3 aromatic rings. The summed E-state index contributed by atoms with van der Waals surface area (Å²) in [5, 5.41) is 11.2. The highest BCUT2D eigenvalue weighted by molar-refractivity contribution is 5.96. The predicted octanol–water partition coefficient (Wildman–Crippen LogP) is 2.51. The summed E-state index contributed by atoms with van der Waals surface area (Å²) in [6, 6.07) is 11.9. The Morgan fingerprint density at radius 1 is 1.05 bits per heavy atom. The minimum atomic E-state index is 0.420. The molecule has 5 nitrogen and oxygen atoms in total. The molecule has 110 valence electrons. The van der Waals surface area contributed by atoms with Crippen LogP contribution >= 0.6 is 0 Å². The third-order valence-electron chi connectivity index (χ3n) is 3.40. The summed E-state index contributed by atoms with van der Waals surface area (Å²) in [6.45, 7) is 0.621. The molecule has 0 fully saturated rings. The highest BCUT2D eigenvalue weighted by Gasteiger charge is 2.03. The van der Waals surface area contributed by atoms with Crippen molar-refractivity contribution in [1.29, 1.82) is 5.41 Å². The van der Waals surface area contributed by atoms with Crippen LogP contribution < -0.4 is 5.32 Å². The fraction of sp³-hybridized carbons (Fsp3) is 0.118. The fourth-order valence-corrected chi connectivity index (χ4v) is 2.18. The first kappa shape index (κ1) is 14.0. The Hall–Kier alpha value is -2.95. The molecule has 2 heterocycles. The minimum absolute atomic E-state index is 0.420. The van der Waals surface area contributed by atoms with Crippen LogP contribution in [0.4, 0.5) is 0 Å². The van der Waals surface area contributed by atoms with Crippen LogP contribution in [0.3, 0.4) is 0 Å². The maximum absolute atomic E-state index is 8.10. The van der Waals surface area contributed by atoms with Gasteiger partial charge in [0.25, 0.3) is 0 Å². The molecule has 0 atom stereocenters. The third-order valence-corrected chi connectivity index (χ3v) is 3.40. The van der Waals surface area contributed by atoms with E-state index in [1.165, 1.54) is 5.56 Å². The molecule has 0 radical (unpaired) electrons. The number of amidine groups is 1. The van der Waals surface area contributed by atoms with Crippen LogP contribution in [0, 0.1) is 5.41 Å². The van der Waals surface area contributed by atoms with Crippen molar-refractivity contribution in [2.24, 2.45) is 0 Å². The SMILES string of the molecule is N=C(NCc1ccncc1)c1ccc(Cc2c[nH]cn2)cc1. The van der Waals surface area contributed by atoms with Crippen molar-refractivity contribution in [2.45, 2.75) is 13.0 Å². The van der Waals surface area contributed by atoms with E-state index in [1.54, 1.807) is 18.7 Å². The monoisotopic (exact) mass is 291 g/mol. The number of hydrogen-bond donors (Lipinski definition) is 3. The van der Waals surface area contributed by atoms with Gasteiger partial charge in [0.2, 0.25) is 0 Å². The van der Waals surface area contributed by atoms with Gasteiger partial charge in [-0.05, 0) is 23.3 Å². The van der Waals surface area contributed by atoms with E-state index in [1.807, 2.05) is 42.6 Å². The lowest BCUT2D eigenvalue weighted by molar-refractivity contribution is 0.904. The largest absolute Gasteiger partial charge is 0.366 e. The number of rotatable bonds is 5. The summed E-state index contributed by atoms with van der Waals surface area (Å²) >= 11 is 0. The Labute approximate surface area is 129 Å². The summed E-state index contributed by atoms with van der Waals surface area (Å²) in [4.78, 5) is 11.2. The van der Waals surface area contributed by atoms with E-state index in [0.717, 1.165) is 23.2 Å². The molecule has 0 unspecified atom stereocenters. The number of imidazole rings is 1. The van der Waals surface area contributed by atoms with Crippen LogP contribution in [0.1, 0.15) is 22.4 Å². The Morgan fingerprint density at radius 2 is 1.82 bits per heavy atom. The average molecular weight is 291 g/mol. The van der Waals surface area contributed by atoms with Gasteiger partial charge >= 0.3 is 0 Å². The Bertz CT molecular complexity index is 718. The lowest BCUT2D eigenvalue weighted by Crippen LogP contribution is -2.22. The van der Waals surface area contributed by atoms with Crippen molar-refractivity contribution in [2.75, 3.05) is 0 Å². The van der Waals surface area contributed by atoms with Crippen molar-refractivity contribution in [3.8, 4) is 0 Å². The number of H-pyrrole nitrogens is 1. The maximum Gasteiger partial charge on any atom is 0.125 e.